The number of hydrogen-bond donors (Lipinski definition) is 1. The van der Waals surface area contributed by atoms with Crippen LogP contribution in [-0.4, -0.2) is 35.8 Å². The van der Waals surface area contributed by atoms with E-state index in [-0.39, 0.29) is 18.4 Å². The summed E-state index contributed by atoms with van der Waals surface area (Å²) in [4.78, 5) is 26.9. The number of nitrogens with one attached hydrogen (secondary N) is 1. The molecule has 2 rings (SSSR count). The van der Waals surface area contributed by atoms with Gasteiger partial charge in [0.2, 0.25) is 0 Å². The largest absolute Gasteiger partial charge is 0.355 e. The fraction of sp³-hybridized carbons (Fsp3) is 0.333. The highest BCUT2D eigenvalue weighted by Crippen LogP contribution is 2.14. The van der Waals surface area contributed by atoms with Gasteiger partial charge < -0.3 is 14.5 Å². The fourth-order valence-electron chi connectivity index (χ4n) is 1.88. The van der Waals surface area contributed by atoms with Crippen molar-refractivity contribution in [2.24, 2.45) is 0 Å². The molecule has 0 aliphatic heterocycles. The molecule has 0 saturated heterocycles. The maximum absolute atomic E-state index is 12.1. The Morgan fingerprint density at radius 3 is 2.45 bits per heavy atom. The molecule has 1 aromatic heterocycles. The number of ether oxygens (including phenoxy) is 2. The molecule has 0 bridgehead atoms. The van der Waals surface area contributed by atoms with Gasteiger partial charge in [-0.2, -0.15) is 0 Å². The number of nitrogens with zero attached hydrogens (tertiary/aromatic N) is 1. The van der Waals surface area contributed by atoms with Crippen molar-refractivity contribution in [3.05, 3.63) is 62.8 Å². The van der Waals surface area contributed by atoms with Crippen molar-refractivity contribution < 1.29 is 9.47 Å². The van der Waals surface area contributed by atoms with E-state index < -0.39 is 5.69 Å². The molecule has 0 unspecified atom stereocenters. The summed E-state index contributed by atoms with van der Waals surface area (Å²) in [6, 6.07) is 10.8. The van der Waals surface area contributed by atoms with E-state index in [2.05, 4.69) is 4.98 Å². The minimum atomic E-state index is -0.426. The van der Waals surface area contributed by atoms with E-state index >= 15 is 0 Å². The van der Waals surface area contributed by atoms with Gasteiger partial charge in [0, 0.05) is 20.3 Å². The summed E-state index contributed by atoms with van der Waals surface area (Å²) in [7, 11) is 3.07. The van der Waals surface area contributed by atoms with Crippen LogP contribution in [-0.2, 0) is 16.0 Å². The molecule has 1 aromatic carbocycles. The van der Waals surface area contributed by atoms with Gasteiger partial charge >= 0.3 is 5.69 Å². The standard InChI is InChI=1S/C15H18N2O4S/c1-20-14(21-2)10-22-12-8-13(18)17(15(19)16-12)9-11-6-4-3-5-7-11/h3-8,14H,9-10H2,1-2H3,(H,16,19). The summed E-state index contributed by atoms with van der Waals surface area (Å²) in [6.07, 6.45) is -0.389. The lowest BCUT2D eigenvalue weighted by molar-refractivity contribution is -0.0842. The number of rotatable bonds is 7. The molecule has 0 saturated carbocycles. The second kappa shape index (κ2) is 7.98. The minimum absolute atomic E-state index is 0.249. The van der Waals surface area contributed by atoms with Crippen LogP contribution in [0.5, 0.6) is 0 Å². The SMILES string of the molecule is COC(CSc1cc(=O)n(Cc2ccccc2)c(=O)[nH]1)OC. The molecule has 7 heteroatoms. The van der Waals surface area contributed by atoms with E-state index in [1.165, 1.54) is 36.6 Å². The zero-order valence-corrected chi connectivity index (χ0v) is 13.3. The smallest absolute Gasteiger partial charge is 0.329 e. The fourth-order valence-corrected chi connectivity index (χ4v) is 2.81. The summed E-state index contributed by atoms with van der Waals surface area (Å²) in [5.74, 6) is 0.477. The van der Waals surface area contributed by atoms with Gasteiger partial charge in [-0.25, -0.2) is 4.79 Å². The zero-order chi connectivity index (χ0) is 15.9. The second-order valence-corrected chi connectivity index (χ2v) is 5.62. The summed E-state index contributed by atoms with van der Waals surface area (Å²) in [5.41, 5.74) is 0.140. The lowest BCUT2D eigenvalue weighted by Crippen LogP contribution is -2.35. The Kier molecular flexibility index (Phi) is 6.00. The van der Waals surface area contributed by atoms with Crippen LogP contribution in [0.25, 0.3) is 0 Å². The van der Waals surface area contributed by atoms with Gasteiger partial charge in [-0.1, -0.05) is 30.3 Å². The van der Waals surface area contributed by atoms with Gasteiger partial charge in [-0.15, -0.1) is 11.8 Å². The molecule has 0 fully saturated rings. The molecular formula is C15H18N2O4S. The molecule has 0 aliphatic carbocycles. The average molecular weight is 322 g/mol. The molecule has 0 radical (unpaired) electrons. The van der Waals surface area contributed by atoms with E-state index in [1.54, 1.807) is 0 Å². The van der Waals surface area contributed by atoms with Crippen LogP contribution < -0.4 is 11.2 Å². The molecule has 0 atom stereocenters. The molecule has 22 heavy (non-hydrogen) atoms. The zero-order valence-electron chi connectivity index (χ0n) is 12.4. The highest BCUT2D eigenvalue weighted by atomic mass is 32.2. The van der Waals surface area contributed by atoms with Crippen LogP contribution in [0.4, 0.5) is 0 Å². The van der Waals surface area contributed by atoms with E-state index in [0.29, 0.717) is 10.8 Å². The highest BCUT2D eigenvalue weighted by Gasteiger charge is 2.09. The van der Waals surface area contributed by atoms with Crippen molar-refractivity contribution >= 4 is 11.8 Å². The Balaban J connectivity index is 2.15. The number of thioether (sulfide) groups is 1. The monoisotopic (exact) mass is 322 g/mol. The van der Waals surface area contributed by atoms with Crippen LogP contribution in [0, 0.1) is 0 Å². The van der Waals surface area contributed by atoms with Gasteiger partial charge in [0.15, 0.2) is 6.29 Å². The van der Waals surface area contributed by atoms with Crippen LogP contribution in [0.3, 0.4) is 0 Å². The lowest BCUT2D eigenvalue weighted by Gasteiger charge is -2.12. The quantitative estimate of drug-likeness (QED) is 0.472. The van der Waals surface area contributed by atoms with Crippen LogP contribution in [0.2, 0.25) is 0 Å². The summed E-state index contributed by atoms with van der Waals surface area (Å²) in [6.45, 7) is 0.249. The third-order valence-electron chi connectivity index (χ3n) is 3.08. The topological polar surface area (TPSA) is 73.3 Å². The third-order valence-corrected chi connectivity index (χ3v) is 4.05. The first kappa shape index (κ1) is 16.5. The second-order valence-electron chi connectivity index (χ2n) is 4.56. The highest BCUT2D eigenvalue weighted by molar-refractivity contribution is 7.99. The Hall–Kier alpha value is -1.83. The van der Waals surface area contributed by atoms with Gasteiger partial charge in [-0.3, -0.25) is 9.36 Å². The normalized spacial score (nSPS) is 11.0. The number of aromatic amines is 1. The molecule has 118 valence electrons. The predicted molar refractivity (Wildman–Crippen MR) is 85.4 cm³/mol. The van der Waals surface area contributed by atoms with Gasteiger partial charge in [0.1, 0.15) is 0 Å². The van der Waals surface area contributed by atoms with E-state index in [9.17, 15) is 9.59 Å². The van der Waals surface area contributed by atoms with E-state index in [4.69, 9.17) is 9.47 Å². The number of hydrogen-bond acceptors (Lipinski definition) is 5. The molecule has 1 N–H and O–H groups in total. The predicted octanol–water partition coefficient (Wildman–Crippen LogP) is 1.30. The first-order chi connectivity index (χ1) is 10.6. The summed E-state index contributed by atoms with van der Waals surface area (Å²) >= 11 is 1.30. The maximum Gasteiger partial charge on any atom is 0.329 e. The van der Waals surface area contributed by atoms with Gasteiger partial charge in [-0.05, 0) is 5.56 Å². The minimum Gasteiger partial charge on any atom is -0.355 e. The van der Waals surface area contributed by atoms with E-state index in [1.807, 2.05) is 30.3 Å². The van der Waals surface area contributed by atoms with E-state index in [0.717, 1.165) is 5.56 Å². The van der Waals surface area contributed by atoms with Gasteiger partial charge in [0.25, 0.3) is 5.56 Å². The molecule has 2 aromatic rings. The van der Waals surface area contributed by atoms with Crippen molar-refractivity contribution in [1.82, 2.24) is 9.55 Å². The lowest BCUT2D eigenvalue weighted by atomic mass is 10.2. The Morgan fingerprint density at radius 1 is 1.18 bits per heavy atom. The maximum atomic E-state index is 12.1. The molecule has 6 nitrogen and oxygen atoms in total. The van der Waals surface area contributed by atoms with Crippen molar-refractivity contribution in [1.29, 1.82) is 0 Å². The summed E-state index contributed by atoms with van der Waals surface area (Å²) < 4.78 is 11.3. The van der Waals surface area contributed by atoms with Crippen molar-refractivity contribution in [3.8, 4) is 0 Å². The third kappa shape index (κ3) is 4.33. The first-order valence-electron chi connectivity index (χ1n) is 6.70. The molecular weight excluding hydrogens is 304 g/mol. The number of benzene rings is 1. The average Bonchev–Trinajstić information content (AvgIpc) is 2.53. The molecule has 0 aliphatic rings. The first-order valence-corrected chi connectivity index (χ1v) is 7.69. The van der Waals surface area contributed by atoms with Gasteiger partial charge in [0.05, 0.1) is 17.3 Å². The number of H-pyrrole nitrogens is 1. The van der Waals surface area contributed by atoms with Crippen LogP contribution in [0.15, 0.2) is 51.0 Å². The van der Waals surface area contributed by atoms with Crippen molar-refractivity contribution in [2.75, 3.05) is 20.0 Å². The summed E-state index contributed by atoms with van der Waals surface area (Å²) in [5, 5.41) is 0.499. The van der Waals surface area contributed by atoms with Crippen molar-refractivity contribution in [2.45, 2.75) is 17.9 Å². The molecule has 0 spiro atoms. The number of methoxy groups -OCH3 is 2. The van der Waals surface area contributed by atoms with Crippen molar-refractivity contribution in [3.63, 3.8) is 0 Å². The molecule has 1 heterocycles. The number of aromatic nitrogens is 2. The Bertz CT molecular complexity index is 676. The van der Waals surface area contributed by atoms with Crippen LogP contribution >= 0.6 is 11.8 Å². The Morgan fingerprint density at radius 2 is 1.86 bits per heavy atom. The van der Waals surface area contributed by atoms with Crippen LogP contribution in [0.1, 0.15) is 5.56 Å². The Labute approximate surface area is 132 Å². The molecule has 0 amide bonds.